The molecule has 2 saturated heterocycles. The summed E-state index contributed by atoms with van der Waals surface area (Å²) < 4.78 is 16.5. The Morgan fingerprint density at radius 1 is 1.03 bits per heavy atom. The van der Waals surface area contributed by atoms with Crippen LogP contribution in [0.3, 0.4) is 0 Å². The fraction of sp³-hybridized carbons (Fsp3) is 0.440. The van der Waals surface area contributed by atoms with Crippen LogP contribution in [0.15, 0.2) is 47.5 Å². The summed E-state index contributed by atoms with van der Waals surface area (Å²) in [7, 11) is 3.24. The zero-order chi connectivity index (χ0) is 23.4. The highest BCUT2D eigenvalue weighted by molar-refractivity contribution is 8.15. The number of rotatable bonds is 7. The Morgan fingerprint density at radius 2 is 1.73 bits per heavy atom. The van der Waals surface area contributed by atoms with Gasteiger partial charge in [0.2, 0.25) is 5.91 Å². The highest BCUT2D eigenvalue weighted by atomic mass is 32.2. The van der Waals surface area contributed by atoms with Crippen LogP contribution in [0.4, 0.5) is 11.4 Å². The number of carbonyl (C=O) groups is 1. The SMILES string of the molecule is COc1ccc(CCN2C(=O)CSC2=Nc2ccc(N3C[C@@H](C)O[C@H](C)C3)cc2)cc1OC. The molecular weight excluding hydrogens is 438 g/mol. The van der Waals surface area contributed by atoms with Gasteiger partial charge >= 0.3 is 0 Å². The highest BCUT2D eigenvalue weighted by Crippen LogP contribution is 2.29. The van der Waals surface area contributed by atoms with Gasteiger partial charge in [-0.15, -0.1) is 0 Å². The van der Waals surface area contributed by atoms with Gasteiger partial charge in [-0.25, -0.2) is 4.99 Å². The predicted molar refractivity (Wildman–Crippen MR) is 133 cm³/mol. The van der Waals surface area contributed by atoms with Gasteiger partial charge < -0.3 is 19.1 Å². The molecule has 0 aromatic heterocycles. The number of benzene rings is 2. The second-order valence-corrected chi connectivity index (χ2v) is 9.29. The Bertz CT molecular complexity index is 1000. The fourth-order valence-electron chi connectivity index (χ4n) is 4.22. The van der Waals surface area contributed by atoms with E-state index in [0.29, 0.717) is 30.2 Å². The van der Waals surface area contributed by atoms with Crippen molar-refractivity contribution in [2.24, 2.45) is 4.99 Å². The Kier molecular flexibility index (Phi) is 7.45. The lowest BCUT2D eigenvalue weighted by atomic mass is 10.1. The predicted octanol–water partition coefficient (Wildman–Crippen LogP) is 4.12. The second kappa shape index (κ2) is 10.5. The van der Waals surface area contributed by atoms with Crippen LogP contribution in [0.1, 0.15) is 19.4 Å². The van der Waals surface area contributed by atoms with E-state index in [-0.39, 0.29) is 18.1 Å². The molecule has 0 spiro atoms. The molecule has 33 heavy (non-hydrogen) atoms. The third kappa shape index (κ3) is 5.62. The topological polar surface area (TPSA) is 63.6 Å². The number of ether oxygens (including phenoxy) is 3. The summed E-state index contributed by atoms with van der Waals surface area (Å²) in [6.07, 6.45) is 1.14. The van der Waals surface area contributed by atoms with Gasteiger partial charge in [0.15, 0.2) is 16.7 Å². The summed E-state index contributed by atoms with van der Waals surface area (Å²) >= 11 is 1.49. The van der Waals surface area contributed by atoms with E-state index in [0.717, 1.165) is 29.5 Å². The standard InChI is InChI=1S/C25H31N3O4S/c1-17-14-27(15-18(2)32-17)21-8-6-20(7-9-21)26-25-28(24(29)16-33-25)12-11-19-5-10-22(30-3)23(13-19)31-4/h5-10,13,17-18H,11-12,14-16H2,1-4H3/t17-,18-/m1/s1. The normalized spacial score (nSPS) is 22.2. The van der Waals surface area contributed by atoms with E-state index in [1.165, 1.54) is 17.4 Å². The summed E-state index contributed by atoms with van der Waals surface area (Å²) in [6.45, 7) is 6.54. The number of thioether (sulfide) groups is 1. The van der Waals surface area contributed by atoms with Crippen molar-refractivity contribution in [3.63, 3.8) is 0 Å². The van der Waals surface area contributed by atoms with Crippen molar-refractivity contribution >= 4 is 34.2 Å². The van der Waals surface area contributed by atoms with E-state index in [4.69, 9.17) is 19.2 Å². The van der Waals surface area contributed by atoms with E-state index in [1.807, 2.05) is 30.3 Å². The maximum Gasteiger partial charge on any atom is 0.239 e. The first-order valence-corrected chi connectivity index (χ1v) is 12.2. The third-order valence-corrected chi connectivity index (χ3v) is 6.75. The second-order valence-electron chi connectivity index (χ2n) is 8.35. The number of morpholine rings is 1. The van der Waals surface area contributed by atoms with Gasteiger partial charge in [0.05, 0.1) is 37.9 Å². The minimum absolute atomic E-state index is 0.0899. The molecule has 0 saturated carbocycles. The Hall–Kier alpha value is -2.71. The van der Waals surface area contributed by atoms with E-state index < -0.39 is 0 Å². The Morgan fingerprint density at radius 3 is 2.39 bits per heavy atom. The minimum atomic E-state index is 0.0899. The number of carbonyl (C=O) groups excluding carboxylic acids is 1. The number of aliphatic imine (C=N–C) groups is 1. The average Bonchev–Trinajstić information content (AvgIpc) is 3.16. The zero-order valence-electron chi connectivity index (χ0n) is 19.6. The molecule has 176 valence electrons. The van der Waals surface area contributed by atoms with Crippen molar-refractivity contribution in [3.8, 4) is 11.5 Å². The van der Waals surface area contributed by atoms with Gasteiger partial charge in [-0.1, -0.05) is 17.8 Å². The lowest BCUT2D eigenvalue weighted by molar-refractivity contribution is -0.124. The third-order valence-electron chi connectivity index (χ3n) is 5.79. The van der Waals surface area contributed by atoms with Crippen molar-refractivity contribution in [2.75, 3.05) is 44.5 Å². The van der Waals surface area contributed by atoms with E-state index in [9.17, 15) is 4.79 Å². The smallest absolute Gasteiger partial charge is 0.239 e. The van der Waals surface area contributed by atoms with Crippen LogP contribution in [0.2, 0.25) is 0 Å². The highest BCUT2D eigenvalue weighted by Gasteiger charge is 2.28. The summed E-state index contributed by atoms with van der Waals surface area (Å²) in [5.41, 5.74) is 3.10. The van der Waals surface area contributed by atoms with Crippen molar-refractivity contribution in [2.45, 2.75) is 32.5 Å². The molecule has 2 aromatic rings. The molecule has 2 aliphatic heterocycles. The molecule has 0 N–H and O–H groups in total. The van der Waals surface area contributed by atoms with Crippen molar-refractivity contribution < 1.29 is 19.0 Å². The minimum Gasteiger partial charge on any atom is -0.493 e. The fourth-order valence-corrected chi connectivity index (χ4v) is 5.14. The largest absolute Gasteiger partial charge is 0.493 e. The quantitative estimate of drug-likeness (QED) is 0.608. The molecule has 8 heteroatoms. The number of hydrogen-bond donors (Lipinski definition) is 0. The molecule has 2 fully saturated rings. The molecule has 2 aromatic carbocycles. The number of nitrogens with zero attached hydrogens (tertiary/aromatic N) is 3. The maximum absolute atomic E-state index is 12.5. The molecule has 1 amide bonds. The molecule has 2 heterocycles. The van der Waals surface area contributed by atoms with E-state index in [2.05, 4.69) is 30.9 Å². The molecule has 2 atom stereocenters. The molecule has 0 bridgehead atoms. The van der Waals surface area contributed by atoms with Crippen LogP contribution in [-0.2, 0) is 16.0 Å². The lowest BCUT2D eigenvalue weighted by Gasteiger charge is -2.36. The molecule has 7 nitrogen and oxygen atoms in total. The number of methoxy groups -OCH3 is 2. The van der Waals surface area contributed by atoms with Crippen LogP contribution in [0.5, 0.6) is 11.5 Å². The first-order chi connectivity index (χ1) is 16.0. The van der Waals surface area contributed by atoms with Gasteiger partial charge in [-0.2, -0.15) is 0 Å². The van der Waals surface area contributed by atoms with Gasteiger partial charge in [-0.05, 0) is 62.2 Å². The summed E-state index contributed by atoms with van der Waals surface area (Å²) in [6, 6.07) is 14.1. The van der Waals surface area contributed by atoms with Gasteiger partial charge in [0, 0.05) is 25.3 Å². The van der Waals surface area contributed by atoms with E-state index >= 15 is 0 Å². The summed E-state index contributed by atoms with van der Waals surface area (Å²) in [4.78, 5) is 21.4. The van der Waals surface area contributed by atoms with Crippen LogP contribution in [-0.4, -0.2) is 67.8 Å². The van der Waals surface area contributed by atoms with Crippen LogP contribution >= 0.6 is 11.8 Å². The van der Waals surface area contributed by atoms with Gasteiger partial charge in [0.1, 0.15) is 0 Å². The lowest BCUT2D eigenvalue weighted by Crippen LogP contribution is -2.45. The Labute approximate surface area is 199 Å². The zero-order valence-corrected chi connectivity index (χ0v) is 20.4. The molecule has 4 rings (SSSR count). The molecule has 0 radical (unpaired) electrons. The first-order valence-electron chi connectivity index (χ1n) is 11.2. The molecule has 0 aliphatic carbocycles. The monoisotopic (exact) mass is 469 g/mol. The molecular formula is C25H31N3O4S. The number of hydrogen-bond acceptors (Lipinski definition) is 7. The van der Waals surface area contributed by atoms with Crippen LogP contribution in [0.25, 0.3) is 0 Å². The Balaban J connectivity index is 1.43. The summed E-state index contributed by atoms with van der Waals surface area (Å²) in [5.74, 6) is 1.90. The van der Waals surface area contributed by atoms with Gasteiger partial charge in [-0.3, -0.25) is 9.69 Å². The first kappa shape index (κ1) is 23.4. The van der Waals surface area contributed by atoms with Crippen molar-refractivity contribution in [1.82, 2.24) is 4.90 Å². The van der Waals surface area contributed by atoms with E-state index in [1.54, 1.807) is 19.1 Å². The average molecular weight is 470 g/mol. The molecule has 0 unspecified atom stereocenters. The van der Waals surface area contributed by atoms with Crippen molar-refractivity contribution in [1.29, 1.82) is 0 Å². The van der Waals surface area contributed by atoms with Crippen LogP contribution in [0, 0.1) is 0 Å². The summed E-state index contributed by atoms with van der Waals surface area (Å²) in [5, 5.41) is 0.752. The van der Waals surface area contributed by atoms with Crippen LogP contribution < -0.4 is 14.4 Å². The van der Waals surface area contributed by atoms with Crippen molar-refractivity contribution in [3.05, 3.63) is 48.0 Å². The maximum atomic E-state index is 12.5. The number of amidine groups is 1. The number of amides is 1. The molecule has 2 aliphatic rings. The van der Waals surface area contributed by atoms with Gasteiger partial charge in [0.25, 0.3) is 0 Å². The number of anilines is 1.